The standard InChI is InChI=1S/C14H21N3O/c1-15-14(18)12-5-2-6-13(8-12)17-10-11-4-3-7-16-9-11/h2,5-6,8,11,16-17H,3-4,7,9-10H2,1H3,(H,15,18). The summed E-state index contributed by atoms with van der Waals surface area (Å²) >= 11 is 0. The number of carbonyl (C=O) groups excluding carboxylic acids is 1. The maximum atomic E-state index is 11.5. The van der Waals surface area contributed by atoms with E-state index in [1.807, 2.05) is 24.3 Å². The molecule has 0 spiro atoms. The van der Waals surface area contributed by atoms with Crippen molar-refractivity contribution in [3.8, 4) is 0 Å². The molecular formula is C14H21N3O. The van der Waals surface area contributed by atoms with Crippen molar-refractivity contribution >= 4 is 11.6 Å². The quantitative estimate of drug-likeness (QED) is 0.755. The Morgan fingerprint density at radius 3 is 3.11 bits per heavy atom. The Morgan fingerprint density at radius 1 is 1.50 bits per heavy atom. The lowest BCUT2D eigenvalue weighted by atomic mass is 9.99. The third-order valence-corrected chi connectivity index (χ3v) is 3.35. The van der Waals surface area contributed by atoms with Crippen LogP contribution < -0.4 is 16.0 Å². The Hall–Kier alpha value is -1.55. The number of nitrogens with one attached hydrogen (secondary N) is 3. The summed E-state index contributed by atoms with van der Waals surface area (Å²) in [5.74, 6) is 0.639. The average molecular weight is 247 g/mol. The van der Waals surface area contributed by atoms with Crippen molar-refractivity contribution in [3.63, 3.8) is 0 Å². The largest absolute Gasteiger partial charge is 0.385 e. The molecule has 1 aromatic rings. The molecule has 1 aliphatic rings. The van der Waals surface area contributed by atoms with Crippen LogP contribution in [0.3, 0.4) is 0 Å². The van der Waals surface area contributed by atoms with Crippen molar-refractivity contribution in [3.05, 3.63) is 29.8 Å². The maximum Gasteiger partial charge on any atom is 0.251 e. The van der Waals surface area contributed by atoms with Gasteiger partial charge in [-0.1, -0.05) is 6.07 Å². The van der Waals surface area contributed by atoms with Gasteiger partial charge in [0.2, 0.25) is 0 Å². The van der Waals surface area contributed by atoms with Gasteiger partial charge in [-0.25, -0.2) is 0 Å². The molecule has 18 heavy (non-hydrogen) atoms. The molecule has 1 aliphatic heterocycles. The number of rotatable bonds is 4. The van der Waals surface area contributed by atoms with Crippen molar-refractivity contribution in [1.29, 1.82) is 0 Å². The van der Waals surface area contributed by atoms with Gasteiger partial charge in [-0.2, -0.15) is 0 Å². The summed E-state index contributed by atoms with van der Waals surface area (Å²) in [5, 5.41) is 9.46. The Morgan fingerprint density at radius 2 is 2.39 bits per heavy atom. The summed E-state index contributed by atoms with van der Waals surface area (Å²) < 4.78 is 0. The molecule has 1 aromatic carbocycles. The van der Waals surface area contributed by atoms with Crippen LogP contribution in [0, 0.1) is 5.92 Å². The minimum Gasteiger partial charge on any atom is -0.385 e. The zero-order valence-electron chi connectivity index (χ0n) is 10.8. The van der Waals surface area contributed by atoms with E-state index in [4.69, 9.17) is 0 Å². The second-order valence-electron chi connectivity index (χ2n) is 4.75. The number of anilines is 1. The summed E-state index contributed by atoms with van der Waals surface area (Å²) in [6.07, 6.45) is 2.53. The van der Waals surface area contributed by atoms with Crippen LogP contribution in [0.15, 0.2) is 24.3 Å². The first-order valence-electron chi connectivity index (χ1n) is 6.56. The molecule has 98 valence electrons. The van der Waals surface area contributed by atoms with Crippen LogP contribution in [-0.4, -0.2) is 32.6 Å². The van der Waals surface area contributed by atoms with Crippen molar-refractivity contribution in [2.24, 2.45) is 5.92 Å². The first kappa shape index (κ1) is 12.9. The van der Waals surface area contributed by atoms with Gasteiger partial charge in [-0.3, -0.25) is 4.79 Å². The monoisotopic (exact) mass is 247 g/mol. The van der Waals surface area contributed by atoms with Gasteiger partial charge in [0.1, 0.15) is 0 Å². The number of carbonyl (C=O) groups is 1. The Labute approximate surface area is 108 Å². The molecule has 1 atom stereocenters. The highest BCUT2D eigenvalue weighted by Crippen LogP contribution is 2.14. The zero-order chi connectivity index (χ0) is 12.8. The van der Waals surface area contributed by atoms with Crippen molar-refractivity contribution in [2.45, 2.75) is 12.8 Å². The van der Waals surface area contributed by atoms with Crippen molar-refractivity contribution < 1.29 is 4.79 Å². The molecule has 0 aliphatic carbocycles. The van der Waals surface area contributed by atoms with Gasteiger partial charge in [0.25, 0.3) is 5.91 Å². The number of hydrogen-bond acceptors (Lipinski definition) is 3. The molecule has 2 rings (SSSR count). The van der Waals surface area contributed by atoms with Crippen LogP contribution in [0.1, 0.15) is 23.2 Å². The summed E-state index contributed by atoms with van der Waals surface area (Å²) in [7, 11) is 1.65. The van der Waals surface area contributed by atoms with Gasteiger partial charge in [0.15, 0.2) is 0 Å². The van der Waals surface area contributed by atoms with Crippen LogP contribution in [-0.2, 0) is 0 Å². The second kappa shape index (κ2) is 6.40. The summed E-state index contributed by atoms with van der Waals surface area (Å²) in [6.45, 7) is 3.19. The van der Waals surface area contributed by atoms with E-state index < -0.39 is 0 Å². The minimum atomic E-state index is -0.0435. The maximum absolute atomic E-state index is 11.5. The van der Waals surface area contributed by atoms with Gasteiger partial charge in [0.05, 0.1) is 0 Å². The Balaban J connectivity index is 1.90. The summed E-state index contributed by atoms with van der Waals surface area (Å²) in [5.41, 5.74) is 1.71. The van der Waals surface area contributed by atoms with E-state index in [1.165, 1.54) is 12.8 Å². The normalized spacial score (nSPS) is 19.3. The highest BCUT2D eigenvalue weighted by atomic mass is 16.1. The van der Waals surface area contributed by atoms with E-state index in [2.05, 4.69) is 16.0 Å². The summed E-state index contributed by atoms with van der Waals surface area (Å²) in [6, 6.07) is 7.63. The topological polar surface area (TPSA) is 53.2 Å². The highest BCUT2D eigenvalue weighted by molar-refractivity contribution is 5.94. The highest BCUT2D eigenvalue weighted by Gasteiger charge is 2.12. The van der Waals surface area contributed by atoms with Gasteiger partial charge in [-0.15, -0.1) is 0 Å². The smallest absolute Gasteiger partial charge is 0.251 e. The van der Waals surface area contributed by atoms with Crippen LogP contribution >= 0.6 is 0 Å². The van der Waals surface area contributed by atoms with E-state index in [0.29, 0.717) is 11.5 Å². The predicted molar refractivity (Wildman–Crippen MR) is 73.9 cm³/mol. The zero-order valence-corrected chi connectivity index (χ0v) is 10.8. The third kappa shape index (κ3) is 3.47. The van der Waals surface area contributed by atoms with E-state index in [1.54, 1.807) is 7.05 Å². The molecule has 1 heterocycles. The minimum absolute atomic E-state index is 0.0435. The van der Waals surface area contributed by atoms with Gasteiger partial charge < -0.3 is 16.0 Å². The number of hydrogen-bond donors (Lipinski definition) is 3. The number of benzene rings is 1. The molecule has 3 N–H and O–H groups in total. The lowest BCUT2D eigenvalue weighted by Crippen LogP contribution is -2.33. The number of amides is 1. The van der Waals surface area contributed by atoms with Gasteiger partial charge in [0, 0.05) is 24.8 Å². The predicted octanol–water partition coefficient (Wildman–Crippen LogP) is 1.46. The van der Waals surface area contributed by atoms with Crippen LogP contribution in [0.5, 0.6) is 0 Å². The van der Waals surface area contributed by atoms with Crippen molar-refractivity contribution in [2.75, 3.05) is 32.0 Å². The Bertz CT molecular complexity index is 400. The van der Waals surface area contributed by atoms with Crippen LogP contribution in [0.25, 0.3) is 0 Å². The molecule has 0 saturated carbocycles. The molecule has 4 heteroatoms. The van der Waals surface area contributed by atoms with E-state index in [9.17, 15) is 4.79 Å². The molecular weight excluding hydrogens is 226 g/mol. The molecule has 0 radical (unpaired) electrons. The lowest BCUT2D eigenvalue weighted by Gasteiger charge is -2.23. The van der Waals surface area contributed by atoms with E-state index in [-0.39, 0.29) is 5.91 Å². The molecule has 1 unspecified atom stereocenters. The lowest BCUT2D eigenvalue weighted by molar-refractivity contribution is 0.0963. The molecule has 1 saturated heterocycles. The molecule has 0 aromatic heterocycles. The molecule has 4 nitrogen and oxygen atoms in total. The third-order valence-electron chi connectivity index (χ3n) is 3.35. The fraction of sp³-hybridized carbons (Fsp3) is 0.500. The van der Waals surface area contributed by atoms with Crippen LogP contribution in [0.4, 0.5) is 5.69 Å². The fourth-order valence-corrected chi connectivity index (χ4v) is 2.28. The van der Waals surface area contributed by atoms with Gasteiger partial charge >= 0.3 is 0 Å². The molecule has 0 bridgehead atoms. The fourth-order valence-electron chi connectivity index (χ4n) is 2.28. The average Bonchev–Trinajstić information content (AvgIpc) is 2.45. The first-order valence-corrected chi connectivity index (χ1v) is 6.56. The SMILES string of the molecule is CNC(=O)c1cccc(NCC2CCCNC2)c1. The molecule has 1 fully saturated rings. The van der Waals surface area contributed by atoms with E-state index in [0.717, 1.165) is 25.3 Å². The van der Waals surface area contributed by atoms with Crippen LogP contribution in [0.2, 0.25) is 0 Å². The van der Waals surface area contributed by atoms with E-state index >= 15 is 0 Å². The second-order valence-corrected chi connectivity index (χ2v) is 4.75. The van der Waals surface area contributed by atoms with Crippen molar-refractivity contribution in [1.82, 2.24) is 10.6 Å². The van der Waals surface area contributed by atoms with Gasteiger partial charge in [-0.05, 0) is 50.0 Å². The first-order chi connectivity index (χ1) is 8.79. The summed E-state index contributed by atoms with van der Waals surface area (Å²) in [4.78, 5) is 11.5. The number of piperidine rings is 1. The Kier molecular flexibility index (Phi) is 4.59. The molecule has 1 amide bonds.